The first-order valence-electron chi connectivity index (χ1n) is 15.2. The van der Waals surface area contributed by atoms with E-state index in [1.54, 1.807) is 0 Å². The number of aliphatic hydroxyl groups is 3. The van der Waals surface area contributed by atoms with E-state index in [4.69, 9.17) is 5.73 Å². The fourth-order valence-corrected chi connectivity index (χ4v) is 4.28. The monoisotopic (exact) mass is 745 g/mol. The lowest BCUT2D eigenvalue weighted by Crippen LogP contribution is -2.63. The third-order valence-corrected chi connectivity index (χ3v) is 7.31. The molecule has 22 heteroatoms. The number of nitrogens with two attached hydrogens (primary N) is 1. The Morgan fingerprint density at radius 3 is 1.71 bits per heavy atom. The second-order valence-corrected chi connectivity index (χ2v) is 11.6. The summed E-state index contributed by atoms with van der Waals surface area (Å²) in [7, 11) is 0. The number of hydrogen-bond donors (Lipinski definition) is 14. The van der Waals surface area contributed by atoms with Crippen LogP contribution < -0.4 is 37.6 Å². The summed E-state index contributed by atoms with van der Waals surface area (Å²) < 4.78 is 0. The zero-order valence-corrected chi connectivity index (χ0v) is 28.3. The number of aliphatic hydroxyl groups excluding tert-OH is 3. The molecule has 1 rings (SSSR count). The minimum atomic E-state index is -1.91. The van der Waals surface area contributed by atoms with Crippen molar-refractivity contribution in [2.45, 2.75) is 75.1 Å². The predicted molar refractivity (Wildman–Crippen MR) is 177 cm³/mol. The predicted octanol–water partition coefficient (Wildman–Crippen LogP) is -5.95. The first kappa shape index (κ1) is 44.0. The van der Waals surface area contributed by atoms with Crippen molar-refractivity contribution in [3.63, 3.8) is 0 Å². The number of phenols is 1. The molecule has 284 valence electrons. The molecule has 1 aromatic rings. The van der Waals surface area contributed by atoms with E-state index in [0.29, 0.717) is 5.56 Å². The minimum absolute atomic E-state index is 0.0256. The zero-order valence-electron chi connectivity index (χ0n) is 27.4. The number of hydrogen-bond acceptors (Lipinski definition) is 14. The summed E-state index contributed by atoms with van der Waals surface area (Å²) in [4.78, 5) is 99.3. The van der Waals surface area contributed by atoms with Crippen LogP contribution in [-0.2, 0) is 44.8 Å². The number of benzene rings is 1. The Morgan fingerprint density at radius 1 is 0.725 bits per heavy atom. The number of aliphatic carboxylic acids is 2. The SMILES string of the molecule is C[C@@H](O)[C@H](NC(=O)CNC(=O)[C@@H](N)CS)C(=O)N[C@H](C(=O)N[C@@H](CO)C(=O)N[C@@H](CC(=O)O)C(=O)N[C@@H](Cc1ccc(O)cc1)C(=O)O)[C@@H](C)O. The summed E-state index contributed by atoms with van der Waals surface area (Å²) in [6, 6.07) is -4.74. The van der Waals surface area contributed by atoms with Crippen molar-refractivity contribution in [2.75, 3.05) is 18.9 Å². The van der Waals surface area contributed by atoms with E-state index in [9.17, 15) is 69.0 Å². The van der Waals surface area contributed by atoms with Crippen molar-refractivity contribution in [2.24, 2.45) is 5.73 Å². The van der Waals surface area contributed by atoms with Crippen LogP contribution in [0.3, 0.4) is 0 Å². The number of nitrogens with one attached hydrogen (secondary N) is 6. The van der Waals surface area contributed by atoms with E-state index < -0.39 is 115 Å². The van der Waals surface area contributed by atoms with Crippen LogP contribution in [0.1, 0.15) is 25.8 Å². The summed E-state index contributed by atoms with van der Waals surface area (Å²) in [5.41, 5.74) is 5.87. The molecule has 0 aliphatic rings. The second-order valence-electron chi connectivity index (χ2n) is 11.2. The van der Waals surface area contributed by atoms with Gasteiger partial charge in [-0.1, -0.05) is 12.1 Å². The van der Waals surface area contributed by atoms with Gasteiger partial charge in [-0.05, 0) is 31.5 Å². The van der Waals surface area contributed by atoms with Gasteiger partial charge in [-0.3, -0.25) is 33.6 Å². The van der Waals surface area contributed by atoms with Crippen LogP contribution in [0, 0.1) is 0 Å². The van der Waals surface area contributed by atoms with Gasteiger partial charge in [-0.2, -0.15) is 12.6 Å². The van der Waals surface area contributed by atoms with Crippen molar-refractivity contribution in [3.8, 4) is 5.75 Å². The zero-order chi connectivity index (χ0) is 39.0. The largest absolute Gasteiger partial charge is 0.508 e. The number of phenolic OH excluding ortho intramolecular Hbond substituents is 1. The standard InChI is InChI=1S/C29H43N7O14S/c1-12(38)22(35-20(41)9-31-24(44)16(30)11-51)28(48)36-23(13(2)39)27(47)34-19(10-37)26(46)32-17(8-21(42)43)25(45)33-18(29(49)50)7-14-3-5-15(40)6-4-14/h3-6,12-13,16-19,22-23,37-40,51H,7-11,30H2,1-2H3,(H,31,44)(H,32,46)(H,33,45)(H,34,47)(H,35,41)(H,36,48)(H,42,43)(H,49,50)/t12-,13-,16+,17+,18+,19+,22+,23+/m1/s1. The van der Waals surface area contributed by atoms with E-state index in [2.05, 4.69) is 33.9 Å². The van der Waals surface area contributed by atoms with E-state index in [-0.39, 0.29) is 17.9 Å². The highest BCUT2D eigenvalue weighted by Crippen LogP contribution is 2.12. The van der Waals surface area contributed by atoms with Crippen molar-refractivity contribution in [1.82, 2.24) is 31.9 Å². The van der Waals surface area contributed by atoms with Gasteiger partial charge in [-0.25, -0.2) is 4.79 Å². The molecule has 14 N–H and O–H groups in total. The Balaban J connectivity index is 3.02. The molecule has 6 amide bonds. The van der Waals surface area contributed by atoms with Crippen molar-refractivity contribution in [3.05, 3.63) is 29.8 Å². The smallest absolute Gasteiger partial charge is 0.326 e. The van der Waals surface area contributed by atoms with Gasteiger partial charge in [0, 0.05) is 12.2 Å². The summed E-state index contributed by atoms with van der Waals surface area (Å²) >= 11 is 3.86. The molecule has 0 spiro atoms. The number of rotatable bonds is 21. The molecule has 0 aliphatic heterocycles. The normalized spacial score (nSPS) is 15.6. The van der Waals surface area contributed by atoms with Crippen LogP contribution in [0.15, 0.2) is 24.3 Å². The van der Waals surface area contributed by atoms with Crippen LogP contribution in [0.25, 0.3) is 0 Å². The maximum atomic E-state index is 13.0. The number of carbonyl (C=O) groups excluding carboxylic acids is 6. The van der Waals surface area contributed by atoms with Gasteiger partial charge in [0.25, 0.3) is 0 Å². The topological polar surface area (TPSA) is 356 Å². The highest BCUT2D eigenvalue weighted by atomic mass is 32.1. The Bertz CT molecular complexity index is 1410. The molecule has 1 aromatic carbocycles. The van der Waals surface area contributed by atoms with Gasteiger partial charge in [0.05, 0.1) is 37.8 Å². The average Bonchev–Trinajstić information content (AvgIpc) is 3.06. The summed E-state index contributed by atoms with van der Waals surface area (Å²) in [6.07, 6.45) is -4.61. The van der Waals surface area contributed by atoms with Crippen molar-refractivity contribution in [1.29, 1.82) is 0 Å². The molecule has 0 fully saturated rings. The lowest BCUT2D eigenvalue weighted by Gasteiger charge is -2.27. The number of carbonyl (C=O) groups is 8. The van der Waals surface area contributed by atoms with Crippen LogP contribution in [0.2, 0.25) is 0 Å². The summed E-state index contributed by atoms with van der Waals surface area (Å²) in [6.45, 7) is 0.367. The molecule has 21 nitrogen and oxygen atoms in total. The molecule has 0 unspecified atom stereocenters. The lowest BCUT2D eigenvalue weighted by molar-refractivity contribution is -0.143. The van der Waals surface area contributed by atoms with Crippen LogP contribution in [0.5, 0.6) is 5.75 Å². The third kappa shape index (κ3) is 15.2. The van der Waals surface area contributed by atoms with E-state index in [0.717, 1.165) is 13.8 Å². The summed E-state index contributed by atoms with van der Waals surface area (Å²) in [5, 5.41) is 71.0. The highest BCUT2D eigenvalue weighted by molar-refractivity contribution is 7.80. The maximum Gasteiger partial charge on any atom is 0.326 e. The molecule has 0 radical (unpaired) electrons. The van der Waals surface area contributed by atoms with Gasteiger partial charge < -0.3 is 68.3 Å². The van der Waals surface area contributed by atoms with Crippen LogP contribution >= 0.6 is 12.6 Å². The van der Waals surface area contributed by atoms with E-state index in [1.165, 1.54) is 24.3 Å². The second kappa shape index (κ2) is 21.2. The first-order chi connectivity index (χ1) is 23.8. The molecular weight excluding hydrogens is 702 g/mol. The molecule has 0 heterocycles. The van der Waals surface area contributed by atoms with Gasteiger partial charge >= 0.3 is 11.9 Å². The Labute approximate surface area is 296 Å². The van der Waals surface area contributed by atoms with Crippen LogP contribution in [-0.4, -0.2) is 145 Å². The number of carboxylic acid groups (broad SMARTS) is 2. The van der Waals surface area contributed by atoms with E-state index in [1.807, 2.05) is 10.6 Å². The van der Waals surface area contributed by atoms with E-state index >= 15 is 0 Å². The molecule has 0 aromatic heterocycles. The first-order valence-corrected chi connectivity index (χ1v) is 15.8. The molecule has 0 bridgehead atoms. The van der Waals surface area contributed by atoms with Gasteiger partial charge in [0.1, 0.15) is 36.0 Å². The van der Waals surface area contributed by atoms with Gasteiger partial charge in [0.15, 0.2) is 0 Å². The maximum absolute atomic E-state index is 13.0. The Hall–Kier alpha value is -5.03. The molecule has 51 heavy (non-hydrogen) atoms. The van der Waals surface area contributed by atoms with Crippen molar-refractivity contribution >= 4 is 60.0 Å². The lowest BCUT2D eigenvalue weighted by atomic mass is 10.0. The fourth-order valence-electron chi connectivity index (χ4n) is 4.11. The third-order valence-electron chi connectivity index (χ3n) is 6.92. The van der Waals surface area contributed by atoms with Gasteiger partial charge in [-0.15, -0.1) is 0 Å². The molecule has 8 atom stereocenters. The highest BCUT2D eigenvalue weighted by Gasteiger charge is 2.35. The Kier molecular flexibility index (Phi) is 18.3. The minimum Gasteiger partial charge on any atom is -0.508 e. The molecule has 0 saturated carbocycles. The van der Waals surface area contributed by atoms with Crippen molar-refractivity contribution < 1.29 is 69.0 Å². The Morgan fingerprint density at radius 2 is 1.22 bits per heavy atom. The summed E-state index contributed by atoms with van der Waals surface area (Å²) in [5.74, 6) is -9.94. The average molecular weight is 746 g/mol. The number of amides is 6. The molecule has 0 saturated heterocycles. The molecule has 0 aliphatic carbocycles. The quantitative estimate of drug-likeness (QED) is 0.0521. The van der Waals surface area contributed by atoms with Gasteiger partial charge in [0.2, 0.25) is 35.4 Å². The molecular formula is C29H43N7O14S. The fraction of sp³-hybridized carbons (Fsp3) is 0.517. The van der Waals surface area contributed by atoms with Crippen LogP contribution in [0.4, 0.5) is 0 Å². The number of thiol groups is 1. The number of aromatic hydroxyl groups is 1. The number of carboxylic acids is 2.